The van der Waals surface area contributed by atoms with Crippen molar-refractivity contribution in [3.8, 4) is 11.1 Å². The molecule has 5 nitrogen and oxygen atoms in total. The lowest BCUT2D eigenvalue weighted by Gasteiger charge is -2.33. The first-order chi connectivity index (χ1) is 11.1. The summed E-state index contributed by atoms with van der Waals surface area (Å²) in [5, 5.41) is 8.02. The van der Waals surface area contributed by atoms with Crippen molar-refractivity contribution in [2.45, 2.75) is 19.3 Å². The standard InChI is InChI=1S/C17H19ClN4O/c18-16-10-14(11-20-21-16)13-1-3-15(4-2-13)22-7-5-12(6-8-22)9-17(19)23/h1-4,10-12H,5-9H2,(H2,19,23). The number of anilines is 1. The number of carbonyl (C=O) groups is 1. The predicted octanol–water partition coefficient (Wildman–Crippen LogP) is 2.89. The molecule has 2 N–H and O–H groups in total. The molecule has 1 aliphatic heterocycles. The number of piperidine rings is 1. The maximum atomic E-state index is 11.0. The Morgan fingerprint density at radius 1 is 1.22 bits per heavy atom. The first-order valence-corrected chi connectivity index (χ1v) is 8.11. The highest BCUT2D eigenvalue weighted by atomic mass is 35.5. The number of hydrogen-bond donors (Lipinski definition) is 1. The Morgan fingerprint density at radius 2 is 1.91 bits per heavy atom. The summed E-state index contributed by atoms with van der Waals surface area (Å²) in [5.41, 5.74) is 8.49. The van der Waals surface area contributed by atoms with Gasteiger partial charge in [0.15, 0.2) is 5.15 Å². The number of carbonyl (C=O) groups excluding carboxylic acids is 1. The molecule has 6 heteroatoms. The number of nitrogens with zero attached hydrogens (tertiary/aromatic N) is 3. The van der Waals surface area contributed by atoms with Crippen molar-refractivity contribution in [2.75, 3.05) is 18.0 Å². The van der Waals surface area contributed by atoms with Gasteiger partial charge in [0.2, 0.25) is 5.91 Å². The highest BCUT2D eigenvalue weighted by Gasteiger charge is 2.20. The summed E-state index contributed by atoms with van der Waals surface area (Å²) in [4.78, 5) is 13.4. The third-order valence-electron chi connectivity index (χ3n) is 4.29. The van der Waals surface area contributed by atoms with Crippen LogP contribution in [0.5, 0.6) is 0 Å². The van der Waals surface area contributed by atoms with Crippen LogP contribution in [0.25, 0.3) is 11.1 Å². The van der Waals surface area contributed by atoms with Crippen LogP contribution >= 0.6 is 11.6 Å². The average Bonchev–Trinajstić information content (AvgIpc) is 2.55. The second-order valence-electron chi connectivity index (χ2n) is 5.91. The molecule has 0 unspecified atom stereocenters. The highest BCUT2D eigenvalue weighted by Crippen LogP contribution is 2.27. The zero-order valence-electron chi connectivity index (χ0n) is 12.8. The number of nitrogens with two attached hydrogens (primary N) is 1. The Kier molecular flexibility index (Phi) is 4.76. The SMILES string of the molecule is NC(=O)CC1CCN(c2ccc(-c3cnnc(Cl)c3)cc2)CC1. The summed E-state index contributed by atoms with van der Waals surface area (Å²) >= 11 is 5.88. The van der Waals surface area contributed by atoms with Gasteiger partial charge in [-0.2, -0.15) is 5.10 Å². The van der Waals surface area contributed by atoms with Gasteiger partial charge in [0, 0.05) is 30.8 Å². The summed E-state index contributed by atoms with van der Waals surface area (Å²) < 4.78 is 0. The fraction of sp³-hybridized carbons (Fsp3) is 0.353. The van der Waals surface area contributed by atoms with E-state index in [4.69, 9.17) is 17.3 Å². The lowest BCUT2D eigenvalue weighted by atomic mass is 9.93. The molecule has 120 valence electrons. The summed E-state index contributed by atoms with van der Waals surface area (Å²) in [6.07, 6.45) is 4.22. The summed E-state index contributed by atoms with van der Waals surface area (Å²) in [6, 6.07) is 10.2. The van der Waals surface area contributed by atoms with E-state index in [9.17, 15) is 4.79 Å². The van der Waals surface area contributed by atoms with Crippen molar-refractivity contribution in [1.82, 2.24) is 10.2 Å². The normalized spacial score (nSPS) is 15.6. The highest BCUT2D eigenvalue weighted by molar-refractivity contribution is 6.29. The second kappa shape index (κ2) is 6.96. The van der Waals surface area contributed by atoms with Crippen LogP contribution in [0.15, 0.2) is 36.5 Å². The Labute approximate surface area is 140 Å². The monoisotopic (exact) mass is 330 g/mol. The van der Waals surface area contributed by atoms with E-state index in [-0.39, 0.29) is 5.91 Å². The van der Waals surface area contributed by atoms with Crippen molar-refractivity contribution < 1.29 is 4.79 Å². The molecule has 3 rings (SSSR count). The van der Waals surface area contributed by atoms with Crippen molar-refractivity contribution in [3.63, 3.8) is 0 Å². The molecule has 0 spiro atoms. The number of rotatable bonds is 4. The van der Waals surface area contributed by atoms with Crippen LogP contribution in [-0.4, -0.2) is 29.2 Å². The molecule has 1 aromatic carbocycles. The Balaban J connectivity index is 1.65. The van der Waals surface area contributed by atoms with E-state index in [1.165, 1.54) is 5.69 Å². The number of halogens is 1. The van der Waals surface area contributed by atoms with Gasteiger partial charge in [-0.15, -0.1) is 5.10 Å². The molecule has 1 amide bonds. The van der Waals surface area contributed by atoms with E-state index < -0.39 is 0 Å². The largest absolute Gasteiger partial charge is 0.372 e. The van der Waals surface area contributed by atoms with Crippen LogP contribution in [-0.2, 0) is 4.79 Å². The first kappa shape index (κ1) is 15.7. The van der Waals surface area contributed by atoms with Crippen LogP contribution in [0.3, 0.4) is 0 Å². The first-order valence-electron chi connectivity index (χ1n) is 7.74. The van der Waals surface area contributed by atoms with Crippen LogP contribution in [0.4, 0.5) is 5.69 Å². The van der Waals surface area contributed by atoms with E-state index >= 15 is 0 Å². The van der Waals surface area contributed by atoms with Gasteiger partial charge in [-0.3, -0.25) is 4.79 Å². The minimum atomic E-state index is -0.197. The molecule has 0 aliphatic carbocycles. The smallest absolute Gasteiger partial charge is 0.217 e. The third-order valence-corrected chi connectivity index (χ3v) is 4.48. The van der Waals surface area contributed by atoms with Gasteiger partial charge in [0.25, 0.3) is 0 Å². The molecule has 23 heavy (non-hydrogen) atoms. The topological polar surface area (TPSA) is 72.1 Å². The van der Waals surface area contributed by atoms with E-state index in [1.807, 2.05) is 0 Å². The fourth-order valence-electron chi connectivity index (χ4n) is 3.04. The predicted molar refractivity (Wildman–Crippen MR) is 91.2 cm³/mol. The Hall–Kier alpha value is -2.14. The van der Waals surface area contributed by atoms with Gasteiger partial charge in [0.1, 0.15) is 0 Å². The molecule has 1 aromatic heterocycles. The lowest BCUT2D eigenvalue weighted by Crippen LogP contribution is -2.35. The maximum Gasteiger partial charge on any atom is 0.217 e. The van der Waals surface area contributed by atoms with Gasteiger partial charge in [-0.25, -0.2) is 0 Å². The van der Waals surface area contributed by atoms with E-state index in [2.05, 4.69) is 39.4 Å². The molecule has 2 aromatic rings. The van der Waals surface area contributed by atoms with Gasteiger partial charge < -0.3 is 10.6 Å². The van der Waals surface area contributed by atoms with Crippen molar-refractivity contribution in [1.29, 1.82) is 0 Å². The molecule has 0 radical (unpaired) electrons. The van der Waals surface area contributed by atoms with E-state index in [0.717, 1.165) is 37.1 Å². The Morgan fingerprint density at radius 3 is 2.52 bits per heavy atom. The zero-order valence-corrected chi connectivity index (χ0v) is 13.5. The molecule has 0 saturated carbocycles. The van der Waals surface area contributed by atoms with Crippen LogP contribution in [0.1, 0.15) is 19.3 Å². The minimum absolute atomic E-state index is 0.197. The van der Waals surface area contributed by atoms with Gasteiger partial charge >= 0.3 is 0 Å². The number of benzene rings is 1. The third kappa shape index (κ3) is 3.99. The number of hydrogen-bond acceptors (Lipinski definition) is 4. The second-order valence-corrected chi connectivity index (χ2v) is 6.30. The number of primary amides is 1. The quantitative estimate of drug-likeness (QED) is 0.935. The Bertz CT molecular complexity index is 681. The van der Waals surface area contributed by atoms with Crippen LogP contribution in [0.2, 0.25) is 5.15 Å². The minimum Gasteiger partial charge on any atom is -0.372 e. The number of amides is 1. The summed E-state index contributed by atoms with van der Waals surface area (Å²) in [6.45, 7) is 1.92. The summed E-state index contributed by atoms with van der Waals surface area (Å²) in [5.74, 6) is 0.227. The van der Waals surface area contributed by atoms with Crippen molar-refractivity contribution in [2.24, 2.45) is 11.7 Å². The molecule has 0 bridgehead atoms. The molecule has 1 fully saturated rings. The number of aromatic nitrogens is 2. The fourth-order valence-corrected chi connectivity index (χ4v) is 3.20. The molecule has 1 aliphatic rings. The van der Waals surface area contributed by atoms with Crippen LogP contribution < -0.4 is 10.6 Å². The molecule has 0 atom stereocenters. The average molecular weight is 331 g/mol. The van der Waals surface area contributed by atoms with Gasteiger partial charge in [0.05, 0.1) is 6.20 Å². The van der Waals surface area contributed by atoms with E-state index in [0.29, 0.717) is 17.5 Å². The lowest BCUT2D eigenvalue weighted by molar-refractivity contribution is -0.119. The van der Waals surface area contributed by atoms with Gasteiger partial charge in [-0.1, -0.05) is 23.7 Å². The van der Waals surface area contributed by atoms with Crippen LogP contribution in [0, 0.1) is 5.92 Å². The van der Waals surface area contributed by atoms with Crippen molar-refractivity contribution in [3.05, 3.63) is 41.7 Å². The maximum absolute atomic E-state index is 11.0. The van der Waals surface area contributed by atoms with E-state index in [1.54, 1.807) is 12.3 Å². The molecule has 2 heterocycles. The molecular formula is C17H19ClN4O. The molecular weight excluding hydrogens is 312 g/mol. The van der Waals surface area contributed by atoms with Gasteiger partial charge in [-0.05, 0) is 42.5 Å². The van der Waals surface area contributed by atoms with Crippen molar-refractivity contribution >= 4 is 23.2 Å². The zero-order chi connectivity index (χ0) is 16.2. The molecule has 1 saturated heterocycles. The summed E-state index contributed by atoms with van der Waals surface area (Å²) in [7, 11) is 0.